The molecular formula is C98H94O16P4. The lowest BCUT2D eigenvalue weighted by molar-refractivity contribution is -0.153. The fraction of sp³-hybridized carbons (Fsp3) is 0.245. The van der Waals surface area contributed by atoms with Crippen molar-refractivity contribution in [3.63, 3.8) is 0 Å². The van der Waals surface area contributed by atoms with Crippen LogP contribution in [0.2, 0.25) is 0 Å². The van der Waals surface area contributed by atoms with Crippen LogP contribution >= 0.6 is 33.0 Å². The first-order chi connectivity index (χ1) is 56.5. The summed E-state index contributed by atoms with van der Waals surface area (Å²) in [6.07, 6.45) is -0.280. The van der Waals surface area contributed by atoms with Gasteiger partial charge in [0.05, 0.1) is 12.8 Å². The predicted octanol–water partition coefficient (Wildman–Crippen LogP) is 29.8. The summed E-state index contributed by atoms with van der Waals surface area (Å²) >= 11 is 0. The molecule has 16 rings (SSSR count). The van der Waals surface area contributed by atoms with E-state index in [-0.39, 0.29) is 26.1 Å². The van der Waals surface area contributed by atoms with Gasteiger partial charge in [-0.2, -0.15) is 0 Å². The highest BCUT2D eigenvalue weighted by Gasteiger charge is 2.39. The summed E-state index contributed by atoms with van der Waals surface area (Å²) in [6, 6.07) is 86.9. The van der Waals surface area contributed by atoms with Crippen molar-refractivity contribution in [1.29, 1.82) is 0 Å². The lowest BCUT2D eigenvalue weighted by Gasteiger charge is -2.34. The zero-order chi connectivity index (χ0) is 82.5. The van der Waals surface area contributed by atoms with Gasteiger partial charge in [0.15, 0.2) is 0 Å². The van der Waals surface area contributed by atoms with Crippen molar-refractivity contribution in [1.82, 2.24) is 0 Å². The van der Waals surface area contributed by atoms with Crippen LogP contribution in [-0.2, 0) is 51.6 Å². The molecule has 0 amide bonds. The number of para-hydroxylation sites is 8. The van der Waals surface area contributed by atoms with E-state index in [1.807, 2.05) is 257 Å². The molecule has 0 fully saturated rings. The summed E-state index contributed by atoms with van der Waals surface area (Å²) in [6.45, 7) is 29.1. The van der Waals surface area contributed by atoms with Crippen molar-refractivity contribution >= 4 is 133 Å². The Morgan fingerprint density at radius 1 is 0.246 bits per heavy atom. The molecule has 16 aromatic rings. The van der Waals surface area contributed by atoms with Crippen molar-refractivity contribution in [2.24, 2.45) is 0 Å². The Kier molecular flexibility index (Phi) is 22.0. The second kappa shape index (κ2) is 32.4. The van der Waals surface area contributed by atoms with Crippen LogP contribution in [0.3, 0.4) is 0 Å². The summed E-state index contributed by atoms with van der Waals surface area (Å²) in [5, 5.41) is 7.17. The van der Waals surface area contributed by atoms with E-state index in [1.54, 1.807) is 0 Å². The topological polar surface area (TPSA) is 195 Å². The zero-order valence-electron chi connectivity index (χ0n) is 68.6. The van der Waals surface area contributed by atoms with Crippen molar-refractivity contribution in [3.05, 3.63) is 311 Å². The van der Waals surface area contributed by atoms with E-state index in [4.69, 9.17) is 61.1 Å². The van der Waals surface area contributed by atoms with Crippen LogP contribution < -0.4 is 18.1 Å². The maximum absolute atomic E-state index is 15.2. The third-order valence-corrected chi connectivity index (χ3v) is 25.8. The van der Waals surface area contributed by atoms with Crippen molar-refractivity contribution < 1.29 is 70.7 Å². The molecule has 118 heavy (non-hydrogen) atoms. The minimum absolute atomic E-state index is 0.140. The van der Waals surface area contributed by atoms with Crippen molar-refractivity contribution in [2.45, 2.75) is 142 Å². The highest BCUT2D eigenvalue weighted by Crippen LogP contribution is 2.51. The maximum Gasteiger partial charge on any atom is 0.453 e. The fourth-order valence-corrected chi connectivity index (χ4v) is 19.5. The van der Waals surface area contributed by atoms with Crippen molar-refractivity contribution in [2.75, 3.05) is 13.2 Å². The standard InChI is InChI=1S/C98H94O16P4/c1-93(2,3)75-57-63(47-51-87(75)111-115-103-79-39-23-15-31-67(79)68-32-16-24-40-80(68)104-115)97(13,64-48-52-88(76(58-64)94(4,5)6)112-116-105-81-41-25-17-33-69(81)70-34-18-26-42-82(70)106-116)61-91(99)101-55-56-102-92(100)62-98(14,65-49-53-89(77(59-65)95(7,8)9)113-117-107-83-43-27-19-35-71(83)72-36-20-28-44-84(72)108-117)66-50-54-90(78(60-66)96(10,11)12)114-118-109-85-45-29-21-37-73(85)74-38-22-30-46-86(74)110-118/h15-54,57-60H,55-56,61-62H2,1-14H3. The Hall–Kier alpha value is -11.6. The number of carbonyl (C=O) groups is 2. The number of benzene rings is 12. The molecule has 0 bridgehead atoms. The van der Waals surface area contributed by atoms with E-state index in [1.165, 1.54) is 0 Å². The Morgan fingerprint density at radius 2 is 0.415 bits per heavy atom. The van der Waals surface area contributed by atoms with Gasteiger partial charge in [-0.25, -0.2) is 0 Å². The Bertz CT molecular complexity index is 5690. The highest BCUT2D eigenvalue weighted by molar-refractivity contribution is 7.33. The molecule has 0 saturated carbocycles. The molecule has 20 heteroatoms. The van der Waals surface area contributed by atoms with Crippen LogP contribution in [0.15, 0.2) is 300 Å². The van der Waals surface area contributed by atoms with E-state index >= 15 is 9.59 Å². The SMILES string of the molecule is CC(C)(C)c1cc(C(C)(CC(=O)OCCOC(=O)CC(C)(c2ccc(Op3oc4ccccc4c4ccccc4o3)c(C(C)(C)C)c2)c2ccc(Op3oc4ccccc4c4ccccc4o3)c(C(C)(C)C)c2)c2ccc(Op3oc4ccccc4c4ccccc4o3)c(C(C)(C)C)c2)ccc1Op1oc2ccccc2c2ccccc2o1. The largest absolute Gasteiger partial charge is 0.462 e. The second-order valence-electron chi connectivity index (χ2n) is 34.3. The molecular weight excluding hydrogens is 1560 g/mol. The molecule has 0 aliphatic carbocycles. The van der Waals surface area contributed by atoms with Crippen LogP contribution in [0.4, 0.5) is 0 Å². The third kappa shape index (κ3) is 16.8. The lowest BCUT2D eigenvalue weighted by atomic mass is 9.70. The molecule has 602 valence electrons. The molecule has 0 N–H and O–H groups in total. The van der Waals surface area contributed by atoms with Gasteiger partial charge < -0.3 is 61.1 Å². The summed E-state index contributed by atoms with van der Waals surface area (Å²) in [5.74, 6) is 1.17. The minimum atomic E-state index is -2.02. The number of esters is 2. The number of fused-ring (bicyclic) bond motifs is 12. The lowest BCUT2D eigenvalue weighted by Crippen LogP contribution is -2.31. The summed E-state index contributed by atoms with van der Waals surface area (Å²) in [7, 11) is -8.09. The van der Waals surface area contributed by atoms with Gasteiger partial charge in [0.2, 0.25) is 0 Å². The summed E-state index contributed by atoms with van der Waals surface area (Å²) < 4.78 is 93.0. The zero-order valence-corrected chi connectivity index (χ0v) is 72.1. The van der Waals surface area contributed by atoms with Crippen LogP contribution in [0.5, 0.6) is 23.0 Å². The average molecular weight is 1650 g/mol. The summed E-state index contributed by atoms with van der Waals surface area (Å²) in [4.78, 5) is 30.4. The molecule has 0 aliphatic rings. The van der Waals surface area contributed by atoms with E-state index in [0.717, 1.165) is 87.6 Å². The molecule has 0 unspecified atom stereocenters. The van der Waals surface area contributed by atoms with Crippen molar-refractivity contribution in [3.8, 4) is 23.0 Å². The maximum atomic E-state index is 15.2. The number of rotatable bonds is 19. The Balaban J connectivity index is 0.733. The number of hydrogen-bond acceptors (Lipinski definition) is 16. The number of ether oxygens (including phenoxy) is 2. The first-order valence-corrected chi connectivity index (χ1v) is 43.9. The van der Waals surface area contributed by atoms with E-state index in [0.29, 0.717) is 67.7 Å². The molecule has 4 aromatic heterocycles. The van der Waals surface area contributed by atoms with E-state index < -0.39 is 77.4 Å². The summed E-state index contributed by atoms with van der Waals surface area (Å²) in [5.41, 5.74) is 7.47. The smallest absolute Gasteiger partial charge is 0.453 e. The molecule has 4 heterocycles. The number of hydrogen-bond donors (Lipinski definition) is 0. The molecule has 0 spiro atoms. The van der Waals surface area contributed by atoms with Gasteiger partial charge in [-0.05, 0) is 117 Å². The van der Waals surface area contributed by atoms with Gasteiger partial charge in [-0.1, -0.05) is 291 Å². The van der Waals surface area contributed by atoms with Crippen LogP contribution in [0.1, 0.15) is 154 Å². The quantitative estimate of drug-likeness (QED) is 0.0547. The van der Waals surface area contributed by atoms with Gasteiger partial charge in [0.25, 0.3) is 0 Å². The van der Waals surface area contributed by atoms with Crippen LogP contribution in [0, 0.1) is 0 Å². The van der Waals surface area contributed by atoms with Gasteiger partial charge in [0, 0.05) is 76.2 Å². The monoisotopic (exact) mass is 1650 g/mol. The molecule has 0 atom stereocenters. The molecule has 0 radical (unpaired) electrons. The fourth-order valence-electron chi connectivity index (χ4n) is 15.2. The first kappa shape index (κ1) is 80.2. The molecule has 0 saturated heterocycles. The van der Waals surface area contributed by atoms with Gasteiger partial charge in [-0.15, -0.1) is 0 Å². The van der Waals surface area contributed by atoms with Gasteiger partial charge >= 0.3 is 44.9 Å². The predicted molar refractivity (Wildman–Crippen MR) is 474 cm³/mol. The average Bonchev–Trinajstić information content (AvgIpc) is 0.916. The van der Waals surface area contributed by atoms with Crippen LogP contribution in [-0.4, -0.2) is 25.2 Å². The minimum Gasteiger partial charge on any atom is -0.462 e. The van der Waals surface area contributed by atoms with Gasteiger partial charge in [0.1, 0.15) is 80.9 Å². The van der Waals surface area contributed by atoms with Gasteiger partial charge in [-0.3, -0.25) is 9.59 Å². The second-order valence-corrected chi connectivity index (χ2v) is 38.2. The highest BCUT2D eigenvalue weighted by atomic mass is 31.1. The molecule has 0 aliphatic heterocycles. The van der Waals surface area contributed by atoms with E-state index in [2.05, 4.69) is 107 Å². The molecule has 16 nitrogen and oxygen atoms in total. The van der Waals surface area contributed by atoms with Crippen LogP contribution in [0.25, 0.3) is 87.8 Å². The Morgan fingerprint density at radius 3 is 0.585 bits per heavy atom. The normalized spacial score (nSPS) is 12.4. The van der Waals surface area contributed by atoms with E-state index in [9.17, 15) is 0 Å². The third-order valence-electron chi connectivity index (χ3n) is 21.6. The molecule has 12 aromatic carbocycles. The number of carbonyl (C=O) groups excluding carboxylic acids is 2. The first-order valence-electron chi connectivity index (χ1n) is 39.5. The Labute approximate surface area is 689 Å².